The zero-order valence-corrected chi connectivity index (χ0v) is 8.71. The van der Waals surface area contributed by atoms with Crippen LogP contribution in [0.3, 0.4) is 0 Å². The fourth-order valence-corrected chi connectivity index (χ4v) is 1.65. The van der Waals surface area contributed by atoms with Crippen LogP contribution in [0.2, 0.25) is 0 Å². The summed E-state index contributed by atoms with van der Waals surface area (Å²) in [5.74, 6) is -0.108. The normalized spacial score (nSPS) is 10.9. The number of rotatable bonds is 1. The topological polar surface area (TPSA) is 69.1 Å². The molecular formula is C11H8FN5. The van der Waals surface area contributed by atoms with E-state index in [4.69, 9.17) is 5.73 Å². The average molecular weight is 229 g/mol. The molecule has 17 heavy (non-hydrogen) atoms. The maximum absolute atomic E-state index is 12.8. The summed E-state index contributed by atoms with van der Waals surface area (Å²) in [7, 11) is 0. The fourth-order valence-electron chi connectivity index (χ4n) is 1.65. The molecule has 0 fully saturated rings. The lowest BCUT2D eigenvalue weighted by Gasteiger charge is -2.01. The van der Waals surface area contributed by atoms with Crippen molar-refractivity contribution in [3.63, 3.8) is 0 Å². The first kappa shape index (κ1) is 9.71. The van der Waals surface area contributed by atoms with Gasteiger partial charge in [-0.1, -0.05) is 0 Å². The first-order valence-electron chi connectivity index (χ1n) is 4.97. The van der Waals surface area contributed by atoms with Crippen LogP contribution >= 0.6 is 0 Å². The lowest BCUT2D eigenvalue weighted by Crippen LogP contribution is -1.93. The van der Waals surface area contributed by atoms with Crippen molar-refractivity contribution >= 4 is 11.6 Å². The second-order valence-corrected chi connectivity index (χ2v) is 3.52. The molecule has 6 heteroatoms. The predicted molar refractivity (Wildman–Crippen MR) is 60.6 cm³/mol. The highest BCUT2D eigenvalue weighted by atomic mass is 19.1. The Morgan fingerprint density at radius 1 is 1.18 bits per heavy atom. The molecule has 5 nitrogen and oxygen atoms in total. The van der Waals surface area contributed by atoms with Crippen LogP contribution in [0.1, 0.15) is 0 Å². The van der Waals surface area contributed by atoms with Gasteiger partial charge in [0, 0.05) is 18.0 Å². The zero-order valence-electron chi connectivity index (χ0n) is 8.71. The highest BCUT2D eigenvalue weighted by molar-refractivity contribution is 5.73. The Labute approximate surface area is 95.7 Å². The number of aromatic nitrogens is 4. The first-order chi connectivity index (χ1) is 8.24. The summed E-state index contributed by atoms with van der Waals surface area (Å²) in [5, 5.41) is 3.99. The highest BCUT2D eigenvalue weighted by Gasteiger charge is 2.09. The summed E-state index contributed by atoms with van der Waals surface area (Å²) in [6.45, 7) is 0. The number of fused-ring (bicyclic) bond motifs is 1. The summed E-state index contributed by atoms with van der Waals surface area (Å²) < 4.78 is 14.4. The van der Waals surface area contributed by atoms with Crippen LogP contribution < -0.4 is 5.73 Å². The minimum Gasteiger partial charge on any atom is -0.366 e. The second-order valence-electron chi connectivity index (χ2n) is 3.52. The molecule has 84 valence electrons. The van der Waals surface area contributed by atoms with Gasteiger partial charge < -0.3 is 5.73 Å². The minimum atomic E-state index is -0.290. The van der Waals surface area contributed by atoms with Gasteiger partial charge in [-0.2, -0.15) is 4.98 Å². The van der Waals surface area contributed by atoms with Crippen LogP contribution in [0, 0.1) is 5.82 Å². The quantitative estimate of drug-likeness (QED) is 0.686. The lowest BCUT2D eigenvalue weighted by atomic mass is 10.1. The first-order valence-corrected chi connectivity index (χ1v) is 4.97. The highest BCUT2D eigenvalue weighted by Crippen LogP contribution is 2.21. The second kappa shape index (κ2) is 3.51. The molecule has 0 amide bonds. The number of nitrogen functional groups attached to an aromatic ring is 1. The number of halogens is 1. The van der Waals surface area contributed by atoms with E-state index in [1.54, 1.807) is 29.0 Å². The Morgan fingerprint density at radius 2 is 1.94 bits per heavy atom. The van der Waals surface area contributed by atoms with Gasteiger partial charge in [0.25, 0.3) is 0 Å². The van der Waals surface area contributed by atoms with Gasteiger partial charge in [-0.05, 0) is 24.3 Å². The van der Waals surface area contributed by atoms with Crippen molar-refractivity contribution in [1.29, 1.82) is 0 Å². The van der Waals surface area contributed by atoms with Crippen molar-refractivity contribution < 1.29 is 4.39 Å². The number of benzene rings is 1. The van der Waals surface area contributed by atoms with Crippen LogP contribution in [0.15, 0.2) is 36.7 Å². The molecule has 3 rings (SSSR count). The van der Waals surface area contributed by atoms with E-state index in [0.29, 0.717) is 11.3 Å². The van der Waals surface area contributed by atoms with Crippen LogP contribution in [0.4, 0.5) is 10.3 Å². The van der Waals surface area contributed by atoms with E-state index in [-0.39, 0.29) is 11.8 Å². The largest absolute Gasteiger partial charge is 0.366 e. The predicted octanol–water partition coefficient (Wildman–Crippen LogP) is 1.51. The Hall–Kier alpha value is -2.50. The van der Waals surface area contributed by atoms with Crippen LogP contribution in [-0.2, 0) is 0 Å². The molecule has 1 aromatic carbocycles. The fraction of sp³-hybridized carbons (Fsp3) is 0. The van der Waals surface area contributed by atoms with Crippen molar-refractivity contribution in [1.82, 2.24) is 19.6 Å². The molecule has 2 heterocycles. The Bertz CT molecular complexity index is 674. The van der Waals surface area contributed by atoms with Crippen molar-refractivity contribution in [2.45, 2.75) is 0 Å². The third-order valence-electron chi connectivity index (χ3n) is 2.39. The van der Waals surface area contributed by atoms with Gasteiger partial charge >= 0.3 is 0 Å². The number of nitrogens with two attached hydrogens (primary N) is 1. The van der Waals surface area contributed by atoms with E-state index in [9.17, 15) is 4.39 Å². The van der Waals surface area contributed by atoms with Crippen molar-refractivity contribution in [3.05, 3.63) is 42.5 Å². The summed E-state index contributed by atoms with van der Waals surface area (Å²) in [6.07, 6.45) is 3.26. The van der Waals surface area contributed by atoms with Gasteiger partial charge in [0.1, 0.15) is 11.5 Å². The molecule has 0 unspecified atom stereocenters. The van der Waals surface area contributed by atoms with E-state index in [1.165, 1.54) is 12.1 Å². The van der Waals surface area contributed by atoms with Gasteiger partial charge in [0.2, 0.25) is 5.95 Å². The molecule has 0 saturated carbocycles. The number of hydrogen-bond donors (Lipinski definition) is 1. The molecule has 0 aliphatic rings. The van der Waals surface area contributed by atoms with Crippen LogP contribution in [0.5, 0.6) is 0 Å². The smallest absolute Gasteiger partial charge is 0.240 e. The molecule has 0 aliphatic heterocycles. The van der Waals surface area contributed by atoms with Crippen molar-refractivity contribution in [2.75, 3.05) is 5.73 Å². The molecule has 0 aliphatic carbocycles. The standard InChI is InChI=1S/C11H8FN5/c12-8-3-1-7(2-4-8)9-10-15-11(13)16-17(10)6-5-14-9/h1-6H,(H2,13,16). The minimum absolute atomic E-state index is 0.182. The maximum Gasteiger partial charge on any atom is 0.240 e. The van der Waals surface area contributed by atoms with E-state index in [0.717, 1.165) is 5.56 Å². The summed E-state index contributed by atoms with van der Waals surface area (Å²) >= 11 is 0. The van der Waals surface area contributed by atoms with Crippen molar-refractivity contribution in [2.24, 2.45) is 0 Å². The summed E-state index contributed by atoms with van der Waals surface area (Å²) in [5.41, 5.74) is 7.47. The Balaban J connectivity index is 2.26. The van der Waals surface area contributed by atoms with E-state index in [2.05, 4.69) is 15.1 Å². The third-order valence-corrected chi connectivity index (χ3v) is 2.39. The van der Waals surface area contributed by atoms with Gasteiger partial charge in [-0.3, -0.25) is 4.98 Å². The summed E-state index contributed by atoms with van der Waals surface area (Å²) in [4.78, 5) is 8.30. The molecule has 0 radical (unpaired) electrons. The number of nitrogens with zero attached hydrogens (tertiary/aromatic N) is 4. The Kier molecular flexibility index (Phi) is 2.01. The van der Waals surface area contributed by atoms with E-state index < -0.39 is 0 Å². The van der Waals surface area contributed by atoms with Crippen LogP contribution in [-0.4, -0.2) is 19.6 Å². The monoisotopic (exact) mass is 229 g/mol. The third kappa shape index (κ3) is 1.59. The molecule has 3 aromatic rings. The maximum atomic E-state index is 12.8. The molecule has 0 spiro atoms. The number of anilines is 1. The van der Waals surface area contributed by atoms with Gasteiger partial charge in [0.15, 0.2) is 5.65 Å². The Morgan fingerprint density at radius 3 is 2.71 bits per heavy atom. The van der Waals surface area contributed by atoms with Gasteiger partial charge in [-0.25, -0.2) is 8.91 Å². The van der Waals surface area contributed by atoms with Gasteiger partial charge in [0.05, 0.1) is 0 Å². The molecule has 2 N–H and O–H groups in total. The van der Waals surface area contributed by atoms with Gasteiger partial charge in [-0.15, -0.1) is 5.10 Å². The van der Waals surface area contributed by atoms with E-state index in [1.807, 2.05) is 0 Å². The van der Waals surface area contributed by atoms with Crippen LogP contribution in [0.25, 0.3) is 16.9 Å². The molecular weight excluding hydrogens is 221 g/mol. The van der Waals surface area contributed by atoms with Crippen molar-refractivity contribution in [3.8, 4) is 11.3 Å². The average Bonchev–Trinajstić information content (AvgIpc) is 2.70. The molecule has 0 bridgehead atoms. The zero-order chi connectivity index (χ0) is 11.8. The summed E-state index contributed by atoms with van der Waals surface area (Å²) in [6, 6.07) is 6.03. The number of hydrogen-bond acceptors (Lipinski definition) is 4. The molecule has 0 atom stereocenters. The van der Waals surface area contributed by atoms with E-state index >= 15 is 0 Å². The molecule has 0 saturated heterocycles. The lowest BCUT2D eigenvalue weighted by molar-refractivity contribution is 0.628. The SMILES string of the molecule is Nc1nc2c(-c3ccc(F)cc3)nccn2n1. The molecule has 2 aromatic heterocycles.